The summed E-state index contributed by atoms with van der Waals surface area (Å²) < 4.78 is 22.5. The number of rotatable bonds is 7. The van der Waals surface area contributed by atoms with Crippen LogP contribution in [0.2, 0.25) is 0 Å². The van der Waals surface area contributed by atoms with Crippen LogP contribution in [0.15, 0.2) is 23.4 Å². The number of thioether (sulfide) groups is 1. The Labute approximate surface area is 111 Å². The van der Waals surface area contributed by atoms with Crippen LogP contribution in [0.4, 0.5) is 0 Å². The van der Waals surface area contributed by atoms with Crippen LogP contribution < -0.4 is 0 Å². The van der Waals surface area contributed by atoms with E-state index in [4.69, 9.17) is 5.11 Å². The van der Waals surface area contributed by atoms with Crippen LogP contribution in [0.3, 0.4) is 0 Å². The van der Waals surface area contributed by atoms with Crippen LogP contribution in [0.1, 0.15) is 23.7 Å². The van der Waals surface area contributed by atoms with Crippen molar-refractivity contribution in [1.29, 1.82) is 0 Å². The van der Waals surface area contributed by atoms with Gasteiger partial charge in [0.1, 0.15) is 14.9 Å². The Bertz CT molecular complexity index is 514. The fraction of sp³-hybridized carbons (Fsp3) is 0.455. The van der Waals surface area contributed by atoms with E-state index in [9.17, 15) is 13.2 Å². The third kappa shape index (κ3) is 4.66. The highest BCUT2D eigenvalue weighted by Crippen LogP contribution is 2.20. The fourth-order valence-electron chi connectivity index (χ4n) is 1.26. The first-order chi connectivity index (χ1) is 8.46. The van der Waals surface area contributed by atoms with Gasteiger partial charge >= 0.3 is 5.97 Å². The second-order valence-electron chi connectivity index (χ2n) is 3.60. The molecule has 5 nitrogen and oxygen atoms in total. The van der Waals surface area contributed by atoms with E-state index in [-0.39, 0.29) is 17.1 Å². The summed E-state index contributed by atoms with van der Waals surface area (Å²) in [4.78, 5) is 14.9. The number of carbonyl (C=O) groups is 1. The minimum atomic E-state index is -2.95. The SMILES string of the molecule is CCS(=O)(=O)CCCSc1ncccc1C(=O)O. The molecular formula is C11H15NO4S2. The molecule has 1 heterocycles. The summed E-state index contributed by atoms with van der Waals surface area (Å²) in [5.41, 5.74) is 0.154. The Morgan fingerprint density at radius 2 is 2.22 bits per heavy atom. The first-order valence-electron chi connectivity index (χ1n) is 5.48. The maximum absolute atomic E-state index is 11.3. The quantitative estimate of drug-likeness (QED) is 0.607. The third-order valence-corrected chi connectivity index (χ3v) is 5.16. The van der Waals surface area contributed by atoms with Gasteiger partial charge in [0.2, 0.25) is 0 Å². The normalized spacial score (nSPS) is 11.4. The van der Waals surface area contributed by atoms with Gasteiger partial charge in [0.05, 0.1) is 11.3 Å². The van der Waals surface area contributed by atoms with Crippen LogP contribution in [0.25, 0.3) is 0 Å². The molecule has 0 spiro atoms. The molecule has 0 unspecified atom stereocenters. The predicted octanol–water partition coefficient (Wildman–Crippen LogP) is 1.70. The molecule has 1 rings (SSSR count). The summed E-state index contributed by atoms with van der Waals surface area (Å²) in [6, 6.07) is 3.05. The zero-order chi connectivity index (χ0) is 13.6. The van der Waals surface area contributed by atoms with E-state index in [1.54, 1.807) is 13.0 Å². The van der Waals surface area contributed by atoms with Crippen LogP contribution in [-0.2, 0) is 9.84 Å². The van der Waals surface area contributed by atoms with Crippen molar-refractivity contribution in [1.82, 2.24) is 4.98 Å². The van der Waals surface area contributed by atoms with Gasteiger partial charge in [-0.05, 0) is 18.6 Å². The molecule has 0 bridgehead atoms. The molecule has 0 aliphatic rings. The Morgan fingerprint density at radius 3 is 2.83 bits per heavy atom. The van der Waals surface area contributed by atoms with Gasteiger partial charge in [-0.15, -0.1) is 11.8 Å². The monoisotopic (exact) mass is 289 g/mol. The molecular weight excluding hydrogens is 274 g/mol. The summed E-state index contributed by atoms with van der Waals surface area (Å²) in [5.74, 6) is -0.212. The van der Waals surface area contributed by atoms with E-state index in [1.165, 1.54) is 24.0 Å². The molecule has 0 amide bonds. The average molecular weight is 289 g/mol. The van der Waals surface area contributed by atoms with Gasteiger partial charge < -0.3 is 5.11 Å². The van der Waals surface area contributed by atoms with Gasteiger partial charge in [0.25, 0.3) is 0 Å². The molecule has 0 aromatic carbocycles. The van der Waals surface area contributed by atoms with Crippen LogP contribution in [0, 0.1) is 0 Å². The van der Waals surface area contributed by atoms with Crippen molar-refractivity contribution in [2.24, 2.45) is 0 Å². The molecule has 1 aromatic heterocycles. The Hall–Kier alpha value is -1.08. The largest absolute Gasteiger partial charge is 0.478 e. The first kappa shape index (κ1) is 15.0. The van der Waals surface area contributed by atoms with Gasteiger partial charge in [-0.1, -0.05) is 6.92 Å². The van der Waals surface area contributed by atoms with Gasteiger partial charge in [0.15, 0.2) is 0 Å². The average Bonchev–Trinajstić information content (AvgIpc) is 2.35. The first-order valence-corrected chi connectivity index (χ1v) is 8.28. The molecule has 0 saturated carbocycles. The second kappa shape index (κ2) is 6.75. The lowest BCUT2D eigenvalue weighted by atomic mass is 10.3. The standard InChI is InChI=1S/C11H15NO4S2/c1-2-18(15,16)8-4-7-17-10-9(11(13)14)5-3-6-12-10/h3,5-6H,2,4,7-8H2,1H3,(H,13,14). The lowest BCUT2D eigenvalue weighted by molar-refractivity contribution is 0.0692. The van der Waals surface area contributed by atoms with Gasteiger partial charge in [0, 0.05) is 17.7 Å². The Kier molecular flexibility index (Phi) is 5.61. The van der Waals surface area contributed by atoms with Crippen LogP contribution in [-0.4, -0.2) is 41.7 Å². The highest BCUT2D eigenvalue weighted by Gasteiger charge is 2.12. The molecule has 0 radical (unpaired) electrons. The fourth-order valence-corrected chi connectivity index (χ4v) is 3.24. The number of nitrogens with zero attached hydrogens (tertiary/aromatic N) is 1. The molecule has 0 atom stereocenters. The minimum Gasteiger partial charge on any atom is -0.478 e. The van der Waals surface area contributed by atoms with E-state index in [0.717, 1.165) is 0 Å². The van der Waals surface area contributed by atoms with Crippen molar-refractivity contribution in [3.05, 3.63) is 23.9 Å². The minimum absolute atomic E-state index is 0.131. The summed E-state index contributed by atoms with van der Waals surface area (Å²) in [7, 11) is -2.95. The Balaban J connectivity index is 2.52. The number of hydrogen-bond donors (Lipinski definition) is 1. The lowest BCUT2D eigenvalue weighted by Crippen LogP contribution is -2.09. The van der Waals surface area contributed by atoms with E-state index in [1.807, 2.05) is 0 Å². The number of sulfone groups is 1. The van der Waals surface area contributed by atoms with Crippen molar-refractivity contribution in [2.75, 3.05) is 17.3 Å². The summed E-state index contributed by atoms with van der Waals surface area (Å²) in [6.07, 6.45) is 2.02. The lowest BCUT2D eigenvalue weighted by Gasteiger charge is -2.04. The molecule has 0 aliphatic heterocycles. The van der Waals surface area contributed by atoms with E-state index < -0.39 is 15.8 Å². The number of aromatic nitrogens is 1. The second-order valence-corrected chi connectivity index (χ2v) is 7.16. The summed E-state index contributed by atoms with van der Waals surface area (Å²) >= 11 is 1.27. The number of aromatic carboxylic acids is 1. The van der Waals surface area contributed by atoms with Crippen molar-refractivity contribution >= 4 is 27.6 Å². The topological polar surface area (TPSA) is 84.3 Å². The molecule has 100 valence electrons. The Morgan fingerprint density at radius 1 is 1.50 bits per heavy atom. The zero-order valence-electron chi connectivity index (χ0n) is 10.00. The number of carboxylic acid groups (broad SMARTS) is 1. The highest BCUT2D eigenvalue weighted by atomic mass is 32.2. The van der Waals surface area contributed by atoms with E-state index in [2.05, 4.69) is 4.98 Å². The number of hydrogen-bond acceptors (Lipinski definition) is 5. The summed E-state index contributed by atoms with van der Waals surface area (Å²) in [6.45, 7) is 1.61. The van der Waals surface area contributed by atoms with Crippen LogP contribution >= 0.6 is 11.8 Å². The molecule has 1 aromatic rings. The highest BCUT2D eigenvalue weighted by molar-refractivity contribution is 7.99. The van der Waals surface area contributed by atoms with Crippen LogP contribution in [0.5, 0.6) is 0 Å². The smallest absolute Gasteiger partial charge is 0.338 e. The maximum atomic E-state index is 11.3. The van der Waals surface area contributed by atoms with E-state index in [0.29, 0.717) is 17.2 Å². The third-order valence-electron chi connectivity index (χ3n) is 2.28. The van der Waals surface area contributed by atoms with Gasteiger partial charge in [-0.25, -0.2) is 18.2 Å². The van der Waals surface area contributed by atoms with Gasteiger partial charge in [-0.3, -0.25) is 0 Å². The number of pyridine rings is 1. The molecule has 0 saturated heterocycles. The molecule has 1 N–H and O–H groups in total. The predicted molar refractivity (Wildman–Crippen MR) is 70.9 cm³/mol. The number of carboxylic acids is 1. The molecule has 0 fully saturated rings. The van der Waals surface area contributed by atoms with Crippen molar-refractivity contribution < 1.29 is 18.3 Å². The molecule has 18 heavy (non-hydrogen) atoms. The van der Waals surface area contributed by atoms with Crippen molar-refractivity contribution in [3.63, 3.8) is 0 Å². The molecule has 0 aliphatic carbocycles. The van der Waals surface area contributed by atoms with Crippen molar-refractivity contribution in [2.45, 2.75) is 18.4 Å². The zero-order valence-corrected chi connectivity index (χ0v) is 11.6. The summed E-state index contributed by atoms with van der Waals surface area (Å²) in [5, 5.41) is 9.37. The maximum Gasteiger partial charge on any atom is 0.338 e. The van der Waals surface area contributed by atoms with Gasteiger partial charge in [-0.2, -0.15) is 0 Å². The van der Waals surface area contributed by atoms with Crippen molar-refractivity contribution in [3.8, 4) is 0 Å². The van der Waals surface area contributed by atoms with E-state index >= 15 is 0 Å². The molecule has 7 heteroatoms.